The highest BCUT2D eigenvalue weighted by molar-refractivity contribution is 7.89. The quantitative estimate of drug-likeness (QED) is 0.579. The lowest BCUT2D eigenvalue weighted by atomic mass is 10.2. The molecule has 0 aliphatic heterocycles. The molecule has 152 valence electrons. The fourth-order valence-electron chi connectivity index (χ4n) is 3.20. The molecule has 3 aromatic rings. The Bertz CT molecular complexity index is 1060. The fraction of sp³-hybridized carbons (Fsp3) is 0.300. The van der Waals surface area contributed by atoms with Gasteiger partial charge in [-0.1, -0.05) is 6.42 Å². The third-order valence-corrected chi connectivity index (χ3v) is 7.25. The van der Waals surface area contributed by atoms with Gasteiger partial charge in [0.2, 0.25) is 10.0 Å². The number of fused-ring (bicyclic) bond motifs is 1. The van der Waals surface area contributed by atoms with Gasteiger partial charge in [0.1, 0.15) is 5.76 Å². The van der Waals surface area contributed by atoms with Gasteiger partial charge in [0.05, 0.1) is 23.4 Å². The largest absolute Gasteiger partial charge is 0.468 e. The van der Waals surface area contributed by atoms with Crippen molar-refractivity contribution in [1.29, 1.82) is 0 Å². The molecule has 0 saturated heterocycles. The monoisotopic (exact) mass is 431 g/mol. The molecule has 0 atom stereocenters. The number of furan rings is 1. The number of nitrogens with one attached hydrogen (secondary N) is 2. The zero-order valence-corrected chi connectivity index (χ0v) is 17.3. The van der Waals surface area contributed by atoms with E-state index in [0.717, 1.165) is 31.4 Å². The molecule has 1 amide bonds. The van der Waals surface area contributed by atoms with E-state index in [9.17, 15) is 13.2 Å². The molecule has 0 spiro atoms. The number of hydrogen-bond acceptors (Lipinski definition) is 6. The summed E-state index contributed by atoms with van der Waals surface area (Å²) in [5.41, 5.74) is 1.47. The Morgan fingerprint density at radius 2 is 1.90 bits per heavy atom. The van der Waals surface area contributed by atoms with Gasteiger partial charge < -0.3 is 4.42 Å². The molecule has 9 heteroatoms. The lowest BCUT2D eigenvalue weighted by molar-refractivity contribution is 0.102. The van der Waals surface area contributed by atoms with Gasteiger partial charge in [-0.15, -0.1) is 11.3 Å². The van der Waals surface area contributed by atoms with Crippen LogP contribution in [0.25, 0.3) is 0 Å². The maximum absolute atomic E-state index is 12.5. The minimum absolute atomic E-state index is 0.0618. The van der Waals surface area contributed by atoms with Gasteiger partial charge in [-0.2, -0.15) is 0 Å². The molecule has 29 heavy (non-hydrogen) atoms. The molecule has 0 unspecified atom stereocenters. The van der Waals surface area contributed by atoms with E-state index in [0.29, 0.717) is 16.5 Å². The van der Waals surface area contributed by atoms with Crippen LogP contribution in [0.2, 0.25) is 0 Å². The third kappa shape index (κ3) is 4.75. The van der Waals surface area contributed by atoms with Crippen LogP contribution in [0.4, 0.5) is 5.13 Å². The van der Waals surface area contributed by atoms with Crippen molar-refractivity contribution in [1.82, 2.24) is 9.71 Å². The van der Waals surface area contributed by atoms with Gasteiger partial charge in [-0.25, -0.2) is 18.1 Å². The number of amides is 1. The number of carbonyl (C=O) groups excluding carboxylic acids is 1. The molecule has 1 aliphatic rings. The summed E-state index contributed by atoms with van der Waals surface area (Å²) in [7, 11) is -3.70. The predicted molar refractivity (Wildman–Crippen MR) is 111 cm³/mol. The number of benzene rings is 1. The van der Waals surface area contributed by atoms with Gasteiger partial charge >= 0.3 is 0 Å². The Labute approximate surface area is 173 Å². The third-order valence-electron chi connectivity index (χ3n) is 4.76. The van der Waals surface area contributed by atoms with E-state index in [-0.39, 0.29) is 17.3 Å². The van der Waals surface area contributed by atoms with Crippen LogP contribution in [-0.2, 0) is 29.4 Å². The summed E-state index contributed by atoms with van der Waals surface area (Å²) in [6, 6.07) is 9.20. The fourth-order valence-corrected chi connectivity index (χ4v) is 5.24. The summed E-state index contributed by atoms with van der Waals surface area (Å²) >= 11 is 1.53. The first-order valence-corrected chi connectivity index (χ1v) is 11.7. The zero-order chi connectivity index (χ0) is 20.3. The van der Waals surface area contributed by atoms with Crippen LogP contribution >= 0.6 is 11.3 Å². The molecule has 7 nitrogen and oxygen atoms in total. The second-order valence-corrected chi connectivity index (χ2v) is 9.68. The average molecular weight is 432 g/mol. The summed E-state index contributed by atoms with van der Waals surface area (Å²) in [5.74, 6) is 0.216. The lowest BCUT2D eigenvalue weighted by Crippen LogP contribution is -2.23. The van der Waals surface area contributed by atoms with Crippen molar-refractivity contribution in [3.63, 3.8) is 0 Å². The van der Waals surface area contributed by atoms with E-state index >= 15 is 0 Å². The van der Waals surface area contributed by atoms with Crippen LogP contribution in [0.1, 0.15) is 46.0 Å². The van der Waals surface area contributed by atoms with E-state index in [4.69, 9.17) is 4.42 Å². The minimum Gasteiger partial charge on any atom is -0.468 e. The number of sulfonamides is 1. The second-order valence-electron chi connectivity index (χ2n) is 6.83. The van der Waals surface area contributed by atoms with Crippen molar-refractivity contribution in [2.24, 2.45) is 0 Å². The van der Waals surface area contributed by atoms with Crippen molar-refractivity contribution < 1.29 is 17.6 Å². The molecule has 0 saturated carbocycles. The van der Waals surface area contributed by atoms with Crippen molar-refractivity contribution in [3.8, 4) is 0 Å². The second kappa shape index (κ2) is 8.48. The van der Waals surface area contributed by atoms with E-state index in [1.54, 1.807) is 12.1 Å². The first-order valence-electron chi connectivity index (χ1n) is 9.43. The van der Waals surface area contributed by atoms with E-state index in [1.807, 2.05) is 0 Å². The molecule has 2 N–H and O–H groups in total. The van der Waals surface area contributed by atoms with E-state index < -0.39 is 10.0 Å². The van der Waals surface area contributed by atoms with Crippen molar-refractivity contribution in [2.45, 2.75) is 43.5 Å². The van der Waals surface area contributed by atoms with E-state index in [2.05, 4.69) is 15.0 Å². The number of rotatable bonds is 6. The first kappa shape index (κ1) is 19.8. The summed E-state index contributed by atoms with van der Waals surface area (Å²) in [5, 5.41) is 3.42. The van der Waals surface area contributed by atoms with Gasteiger partial charge in [0.15, 0.2) is 5.13 Å². The molecule has 1 aliphatic carbocycles. The SMILES string of the molecule is O=C(Nc1nc2c(s1)CCCCC2)c1ccc(S(=O)(=O)NCc2ccco2)cc1. The van der Waals surface area contributed by atoms with Gasteiger partial charge in [0, 0.05) is 10.4 Å². The first-order chi connectivity index (χ1) is 14.0. The molecule has 4 rings (SSSR count). The summed E-state index contributed by atoms with van der Waals surface area (Å²) in [4.78, 5) is 18.4. The Morgan fingerprint density at radius 1 is 1.10 bits per heavy atom. The van der Waals surface area contributed by atoms with Crippen LogP contribution < -0.4 is 10.0 Å². The zero-order valence-electron chi connectivity index (χ0n) is 15.7. The highest BCUT2D eigenvalue weighted by Crippen LogP contribution is 2.29. The lowest BCUT2D eigenvalue weighted by Gasteiger charge is -2.07. The van der Waals surface area contributed by atoms with E-state index in [1.165, 1.54) is 53.2 Å². The normalized spacial score (nSPS) is 14.2. The van der Waals surface area contributed by atoms with Crippen LogP contribution in [0.3, 0.4) is 0 Å². The Hall–Kier alpha value is -2.49. The summed E-state index contributed by atoms with van der Waals surface area (Å²) < 4.78 is 32.3. The molecule has 2 aromatic heterocycles. The minimum atomic E-state index is -3.70. The Kier molecular flexibility index (Phi) is 5.79. The molecular weight excluding hydrogens is 410 g/mol. The molecule has 0 fully saturated rings. The van der Waals surface area contributed by atoms with Crippen LogP contribution in [0.15, 0.2) is 52.0 Å². The smallest absolute Gasteiger partial charge is 0.257 e. The number of carbonyl (C=O) groups is 1. The topological polar surface area (TPSA) is 101 Å². The average Bonchev–Trinajstić information content (AvgIpc) is 3.32. The molecule has 1 aromatic carbocycles. The van der Waals surface area contributed by atoms with Crippen molar-refractivity contribution in [2.75, 3.05) is 5.32 Å². The maximum Gasteiger partial charge on any atom is 0.257 e. The highest BCUT2D eigenvalue weighted by atomic mass is 32.2. The summed E-state index contributed by atoms with van der Waals surface area (Å²) in [6.45, 7) is 0.0618. The molecule has 0 radical (unpaired) electrons. The van der Waals surface area contributed by atoms with Crippen LogP contribution in [0, 0.1) is 0 Å². The highest BCUT2D eigenvalue weighted by Gasteiger charge is 2.18. The van der Waals surface area contributed by atoms with Gasteiger partial charge in [-0.3, -0.25) is 10.1 Å². The number of anilines is 1. The summed E-state index contributed by atoms with van der Waals surface area (Å²) in [6.07, 6.45) is 6.97. The number of nitrogens with zero attached hydrogens (tertiary/aromatic N) is 1. The standard InChI is InChI=1S/C20H21N3O4S2/c24-19(23-20-22-17-6-2-1-3-7-18(17)28-20)14-8-10-16(11-9-14)29(25,26)21-13-15-5-4-12-27-15/h4-5,8-12,21H,1-3,6-7,13H2,(H,22,23,24). The Balaban J connectivity index is 1.41. The number of hydrogen-bond donors (Lipinski definition) is 2. The maximum atomic E-state index is 12.5. The number of aryl methyl sites for hydroxylation is 2. The van der Waals surface area contributed by atoms with Gasteiger partial charge in [0.25, 0.3) is 5.91 Å². The predicted octanol–water partition coefficient (Wildman–Crippen LogP) is 3.74. The van der Waals surface area contributed by atoms with Gasteiger partial charge in [-0.05, 0) is 62.1 Å². The van der Waals surface area contributed by atoms with Crippen molar-refractivity contribution >= 4 is 32.4 Å². The molecule has 0 bridgehead atoms. The van der Waals surface area contributed by atoms with Crippen LogP contribution in [0.5, 0.6) is 0 Å². The van der Waals surface area contributed by atoms with Crippen molar-refractivity contribution in [3.05, 3.63) is 64.6 Å². The molecular formula is C20H21N3O4S2. The van der Waals surface area contributed by atoms with Crippen LogP contribution in [-0.4, -0.2) is 19.3 Å². The number of thiazole rings is 1. The molecule has 2 heterocycles. The number of aromatic nitrogens is 1. The Morgan fingerprint density at radius 3 is 2.66 bits per heavy atom.